The molecule has 0 amide bonds. The lowest BCUT2D eigenvalue weighted by atomic mass is 10.1. The second kappa shape index (κ2) is 8.45. The van der Waals surface area contributed by atoms with Crippen LogP contribution in [0.15, 0.2) is 0 Å². The largest absolute Gasteiger partial charge is 0.465 e. The number of carbonyl (C=O) groups is 2. The van der Waals surface area contributed by atoms with Gasteiger partial charge in [-0.1, -0.05) is 33.1 Å². The fourth-order valence-corrected chi connectivity index (χ4v) is 1.27. The monoisotopic (exact) mass is 214 g/mol. The molecule has 0 bridgehead atoms. The Kier molecular flexibility index (Phi) is 7.96. The van der Waals surface area contributed by atoms with Crippen molar-refractivity contribution >= 4 is 11.8 Å². The third kappa shape index (κ3) is 11.1. The van der Waals surface area contributed by atoms with Crippen LogP contribution < -0.4 is 0 Å². The number of hydrogen-bond donors (Lipinski definition) is 0. The molecule has 0 aliphatic carbocycles. The van der Waals surface area contributed by atoms with Crippen LogP contribution in [0.4, 0.5) is 0 Å². The van der Waals surface area contributed by atoms with E-state index in [1.54, 1.807) is 0 Å². The van der Waals surface area contributed by atoms with Gasteiger partial charge in [0.25, 0.3) is 0 Å². The SMILES string of the molecule is CC(=O)CC(=O)OCCCCCC(C)C. The van der Waals surface area contributed by atoms with Gasteiger partial charge in [-0.25, -0.2) is 0 Å². The number of hydrogen-bond acceptors (Lipinski definition) is 3. The van der Waals surface area contributed by atoms with E-state index in [1.807, 2.05) is 0 Å². The number of unbranched alkanes of at least 4 members (excludes halogenated alkanes) is 2. The van der Waals surface area contributed by atoms with Crippen molar-refractivity contribution in [3.05, 3.63) is 0 Å². The Morgan fingerprint density at radius 1 is 1.13 bits per heavy atom. The summed E-state index contributed by atoms with van der Waals surface area (Å²) in [6.45, 7) is 6.24. The van der Waals surface area contributed by atoms with Gasteiger partial charge < -0.3 is 4.74 Å². The maximum atomic E-state index is 11.0. The molecule has 0 atom stereocenters. The van der Waals surface area contributed by atoms with E-state index in [1.165, 1.54) is 19.8 Å². The predicted molar refractivity (Wildman–Crippen MR) is 59.6 cm³/mol. The smallest absolute Gasteiger partial charge is 0.313 e. The third-order valence-corrected chi connectivity index (χ3v) is 2.08. The second-order valence-corrected chi connectivity index (χ2v) is 4.34. The fourth-order valence-electron chi connectivity index (χ4n) is 1.27. The molecule has 0 aliphatic heterocycles. The van der Waals surface area contributed by atoms with Gasteiger partial charge in [0, 0.05) is 0 Å². The van der Waals surface area contributed by atoms with Crippen LogP contribution >= 0.6 is 0 Å². The molecule has 0 rings (SSSR count). The van der Waals surface area contributed by atoms with Crippen molar-refractivity contribution in [1.82, 2.24) is 0 Å². The highest BCUT2D eigenvalue weighted by Crippen LogP contribution is 2.08. The second-order valence-electron chi connectivity index (χ2n) is 4.34. The quantitative estimate of drug-likeness (QED) is 0.354. The summed E-state index contributed by atoms with van der Waals surface area (Å²) in [6, 6.07) is 0. The first kappa shape index (κ1) is 14.1. The van der Waals surface area contributed by atoms with Crippen molar-refractivity contribution in [3.8, 4) is 0 Å². The topological polar surface area (TPSA) is 43.4 Å². The van der Waals surface area contributed by atoms with E-state index in [2.05, 4.69) is 13.8 Å². The molecule has 0 fully saturated rings. The predicted octanol–water partition coefficient (Wildman–Crippen LogP) is 2.73. The van der Waals surface area contributed by atoms with E-state index in [-0.39, 0.29) is 12.2 Å². The first-order valence-electron chi connectivity index (χ1n) is 5.67. The summed E-state index contributed by atoms with van der Waals surface area (Å²) in [6.07, 6.45) is 4.30. The number of rotatable bonds is 8. The molecule has 0 aromatic rings. The van der Waals surface area contributed by atoms with Crippen LogP contribution in [0.1, 0.15) is 52.9 Å². The normalized spacial score (nSPS) is 10.4. The summed E-state index contributed by atoms with van der Waals surface area (Å²) >= 11 is 0. The summed E-state index contributed by atoms with van der Waals surface area (Å²) in [7, 11) is 0. The standard InChI is InChI=1S/C12H22O3/c1-10(2)7-5-4-6-8-15-12(14)9-11(3)13/h10H,4-9H2,1-3H3. The molecule has 0 unspecified atom stereocenters. The molecule has 0 aliphatic rings. The molecule has 88 valence electrons. The summed E-state index contributed by atoms with van der Waals surface area (Å²) in [5, 5.41) is 0. The molecule has 0 aromatic heterocycles. The minimum Gasteiger partial charge on any atom is -0.465 e. The van der Waals surface area contributed by atoms with Gasteiger partial charge in [0.05, 0.1) is 6.61 Å². The number of ketones is 1. The Morgan fingerprint density at radius 3 is 2.33 bits per heavy atom. The van der Waals surface area contributed by atoms with Gasteiger partial charge in [-0.05, 0) is 19.3 Å². The maximum Gasteiger partial charge on any atom is 0.313 e. The first-order chi connectivity index (χ1) is 7.02. The Hall–Kier alpha value is -0.860. The highest BCUT2D eigenvalue weighted by atomic mass is 16.5. The molecular formula is C12H22O3. The first-order valence-corrected chi connectivity index (χ1v) is 5.67. The van der Waals surface area contributed by atoms with Crippen molar-refractivity contribution < 1.29 is 14.3 Å². The minimum absolute atomic E-state index is 0.0913. The van der Waals surface area contributed by atoms with Crippen molar-refractivity contribution in [2.45, 2.75) is 52.9 Å². The Labute approximate surface area is 92.2 Å². The van der Waals surface area contributed by atoms with Crippen molar-refractivity contribution in [2.75, 3.05) is 6.61 Å². The van der Waals surface area contributed by atoms with E-state index < -0.39 is 5.97 Å². The number of esters is 1. The van der Waals surface area contributed by atoms with Crippen LogP contribution in [0, 0.1) is 5.92 Å². The highest BCUT2D eigenvalue weighted by molar-refractivity contribution is 5.94. The molecule has 15 heavy (non-hydrogen) atoms. The van der Waals surface area contributed by atoms with E-state index in [4.69, 9.17) is 4.74 Å². The van der Waals surface area contributed by atoms with Crippen LogP contribution in [0.2, 0.25) is 0 Å². The van der Waals surface area contributed by atoms with Gasteiger partial charge in [-0.3, -0.25) is 9.59 Å². The number of Topliss-reactive ketones (excluding diaryl/α,β-unsaturated/α-hetero) is 1. The molecule has 0 heterocycles. The fraction of sp³-hybridized carbons (Fsp3) is 0.833. The lowest BCUT2D eigenvalue weighted by Crippen LogP contribution is -2.09. The molecule has 0 spiro atoms. The molecule has 3 heteroatoms. The molecule has 0 aromatic carbocycles. The zero-order chi connectivity index (χ0) is 11.7. The third-order valence-electron chi connectivity index (χ3n) is 2.08. The van der Waals surface area contributed by atoms with Gasteiger partial charge in [-0.2, -0.15) is 0 Å². The summed E-state index contributed by atoms with van der Waals surface area (Å²) < 4.78 is 4.90. The Morgan fingerprint density at radius 2 is 1.80 bits per heavy atom. The van der Waals surface area contributed by atoms with Gasteiger partial charge in [0.1, 0.15) is 12.2 Å². The number of carbonyl (C=O) groups excluding carboxylic acids is 2. The molecule has 0 radical (unpaired) electrons. The van der Waals surface area contributed by atoms with Crippen LogP contribution in [0.5, 0.6) is 0 Å². The highest BCUT2D eigenvalue weighted by Gasteiger charge is 2.05. The Balaban J connectivity index is 3.24. The lowest BCUT2D eigenvalue weighted by Gasteiger charge is -2.05. The summed E-state index contributed by atoms with van der Waals surface area (Å²) in [4.78, 5) is 21.5. The van der Waals surface area contributed by atoms with Crippen LogP contribution in [0.25, 0.3) is 0 Å². The zero-order valence-electron chi connectivity index (χ0n) is 10.0. The maximum absolute atomic E-state index is 11.0. The van der Waals surface area contributed by atoms with Crippen molar-refractivity contribution in [2.24, 2.45) is 5.92 Å². The molecule has 0 N–H and O–H groups in total. The zero-order valence-corrected chi connectivity index (χ0v) is 10.0. The van der Waals surface area contributed by atoms with Crippen LogP contribution in [-0.4, -0.2) is 18.4 Å². The van der Waals surface area contributed by atoms with Crippen LogP contribution in [-0.2, 0) is 14.3 Å². The van der Waals surface area contributed by atoms with Gasteiger partial charge in [-0.15, -0.1) is 0 Å². The molecule has 0 saturated carbocycles. The van der Waals surface area contributed by atoms with Gasteiger partial charge in [0.2, 0.25) is 0 Å². The minimum atomic E-state index is -0.397. The number of ether oxygens (including phenoxy) is 1. The summed E-state index contributed by atoms with van der Waals surface area (Å²) in [5.74, 6) is 0.205. The Bertz CT molecular complexity index is 197. The van der Waals surface area contributed by atoms with E-state index in [9.17, 15) is 9.59 Å². The molecule has 3 nitrogen and oxygen atoms in total. The van der Waals surface area contributed by atoms with Gasteiger partial charge in [0.15, 0.2) is 0 Å². The van der Waals surface area contributed by atoms with E-state index in [0.717, 1.165) is 18.8 Å². The van der Waals surface area contributed by atoms with Gasteiger partial charge >= 0.3 is 5.97 Å². The van der Waals surface area contributed by atoms with E-state index >= 15 is 0 Å². The van der Waals surface area contributed by atoms with Crippen molar-refractivity contribution in [3.63, 3.8) is 0 Å². The average molecular weight is 214 g/mol. The lowest BCUT2D eigenvalue weighted by molar-refractivity contribution is -0.145. The average Bonchev–Trinajstić information content (AvgIpc) is 2.09. The van der Waals surface area contributed by atoms with E-state index in [0.29, 0.717) is 6.61 Å². The summed E-state index contributed by atoms with van der Waals surface area (Å²) in [5.41, 5.74) is 0. The molecular weight excluding hydrogens is 192 g/mol. The molecule has 0 saturated heterocycles. The van der Waals surface area contributed by atoms with Crippen molar-refractivity contribution in [1.29, 1.82) is 0 Å². The van der Waals surface area contributed by atoms with Crippen LogP contribution in [0.3, 0.4) is 0 Å².